The summed E-state index contributed by atoms with van der Waals surface area (Å²) in [5.41, 5.74) is 5.27. The molecule has 0 radical (unpaired) electrons. The van der Waals surface area contributed by atoms with Gasteiger partial charge in [0.1, 0.15) is 0 Å². The highest BCUT2D eigenvalue weighted by molar-refractivity contribution is 5.75. The molecule has 1 rings (SSSR count). The first-order valence-electron chi connectivity index (χ1n) is 6.15. The van der Waals surface area contributed by atoms with E-state index in [1.54, 1.807) is 0 Å². The summed E-state index contributed by atoms with van der Waals surface area (Å²) in [6.45, 7) is 1.71. The van der Waals surface area contributed by atoms with E-state index in [0.29, 0.717) is 0 Å². The van der Waals surface area contributed by atoms with E-state index in [1.165, 1.54) is 6.92 Å². The molecule has 0 aliphatic rings. The highest BCUT2D eigenvalue weighted by Gasteiger charge is 2.28. The molecule has 1 aromatic rings. The van der Waals surface area contributed by atoms with Crippen molar-refractivity contribution >= 4 is 5.97 Å². The van der Waals surface area contributed by atoms with Crippen molar-refractivity contribution in [3.05, 3.63) is 23.5 Å². The van der Waals surface area contributed by atoms with E-state index in [-0.39, 0.29) is 26.0 Å². The minimum atomic E-state index is -1.87. The Morgan fingerprint density at radius 3 is 2.29 bits per heavy atom. The van der Waals surface area contributed by atoms with E-state index in [4.69, 9.17) is 10.5 Å². The SMILES string of the molecule is CCOC(=O)C(CCCN)Oc1c(F)c(F)nc(F)c1F. The van der Waals surface area contributed by atoms with Crippen LogP contribution in [0.5, 0.6) is 5.75 Å². The molecule has 0 aliphatic heterocycles. The lowest BCUT2D eigenvalue weighted by molar-refractivity contribution is -0.152. The molecule has 0 aliphatic carbocycles. The van der Waals surface area contributed by atoms with Crippen LogP contribution in [0, 0.1) is 23.5 Å². The third-order valence-corrected chi connectivity index (χ3v) is 2.44. The third-order valence-electron chi connectivity index (χ3n) is 2.44. The summed E-state index contributed by atoms with van der Waals surface area (Å²) in [5.74, 6) is -9.65. The molecular weight excluding hydrogens is 296 g/mol. The van der Waals surface area contributed by atoms with Gasteiger partial charge >= 0.3 is 5.97 Å². The Hall–Kier alpha value is -1.90. The normalized spacial score (nSPS) is 12.1. The molecule has 0 saturated heterocycles. The summed E-state index contributed by atoms with van der Waals surface area (Å²) in [6.07, 6.45) is -1.18. The maximum atomic E-state index is 13.4. The molecule has 1 atom stereocenters. The minimum absolute atomic E-state index is 0.00531. The number of nitrogens with zero attached hydrogens (tertiary/aromatic N) is 1. The van der Waals surface area contributed by atoms with Crippen molar-refractivity contribution in [2.75, 3.05) is 13.2 Å². The fraction of sp³-hybridized carbons (Fsp3) is 0.500. The van der Waals surface area contributed by atoms with Crippen LogP contribution < -0.4 is 10.5 Å². The topological polar surface area (TPSA) is 74.4 Å². The first-order valence-corrected chi connectivity index (χ1v) is 6.15. The van der Waals surface area contributed by atoms with Crippen LogP contribution in [0.4, 0.5) is 17.6 Å². The van der Waals surface area contributed by atoms with Gasteiger partial charge in [-0.2, -0.15) is 22.5 Å². The van der Waals surface area contributed by atoms with E-state index in [0.717, 1.165) is 0 Å². The predicted octanol–water partition coefficient (Wildman–Crippen LogP) is 1.69. The Labute approximate surface area is 118 Å². The molecular formula is C12H14F4N2O3. The van der Waals surface area contributed by atoms with Crippen molar-refractivity contribution < 1.29 is 31.8 Å². The average Bonchev–Trinajstić information content (AvgIpc) is 2.44. The maximum Gasteiger partial charge on any atom is 0.347 e. The molecule has 0 aromatic carbocycles. The molecule has 1 unspecified atom stereocenters. The lowest BCUT2D eigenvalue weighted by Crippen LogP contribution is -2.31. The highest BCUT2D eigenvalue weighted by atomic mass is 19.2. The number of aromatic nitrogens is 1. The van der Waals surface area contributed by atoms with E-state index < -0.39 is 41.4 Å². The van der Waals surface area contributed by atoms with Crippen molar-refractivity contribution in [1.29, 1.82) is 0 Å². The Bertz CT molecular complexity index is 488. The van der Waals surface area contributed by atoms with Crippen molar-refractivity contribution in [2.45, 2.75) is 25.9 Å². The number of pyridine rings is 1. The summed E-state index contributed by atoms with van der Waals surface area (Å²) >= 11 is 0. The van der Waals surface area contributed by atoms with E-state index in [1.807, 2.05) is 0 Å². The number of carbonyl (C=O) groups is 1. The van der Waals surface area contributed by atoms with Crippen LogP contribution in [0.25, 0.3) is 0 Å². The average molecular weight is 310 g/mol. The van der Waals surface area contributed by atoms with Gasteiger partial charge in [-0.3, -0.25) is 0 Å². The number of rotatable bonds is 7. The first kappa shape index (κ1) is 17.2. The van der Waals surface area contributed by atoms with Crippen molar-refractivity contribution in [2.24, 2.45) is 5.73 Å². The molecule has 2 N–H and O–H groups in total. The second-order valence-corrected chi connectivity index (χ2v) is 3.94. The highest BCUT2D eigenvalue weighted by Crippen LogP contribution is 2.26. The first-order chi connectivity index (χ1) is 9.92. The second-order valence-electron chi connectivity index (χ2n) is 3.94. The predicted molar refractivity (Wildman–Crippen MR) is 63.4 cm³/mol. The summed E-state index contributed by atoms with van der Waals surface area (Å²) in [7, 11) is 0. The number of hydrogen-bond acceptors (Lipinski definition) is 5. The largest absolute Gasteiger partial charge is 0.472 e. The van der Waals surface area contributed by atoms with Crippen LogP contribution in [-0.2, 0) is 9.53 Å². The van der Waals surface area contributed by atoms with Gasteiger partial charge in [-0.1, -0.05) is 0 Å². The van der Waals surface area contributed by atoms with Crippen molar-refractivity contribution in [3.8, 4) is 5.75 Å². The molecule has 1 aromatic heterocycles. The molecule has 0 bridgehead atoms. The molecule has 118 valence electrons. The van der Waals surface area contributed by atoms with E-state index >= 15 is 0 Å². The standard InChI is InChI=1S/C12H14F4N2O3/c1-2-20-12(19)6(4-3-5-17)21-9-7(13)10(15)18-11(16)8(9)14/h6H,2-5,17H2,1H3. The van der Waals surface area contributed by atoms with Crippen molar-refractivity contribution in [3.63, 3.8) is 0 Å². The van der Waals surface area contributed by atoms with E-state index in [9.17, 15) is 22.4 Å². The van der Waals surface area contributed by atoms with Gasteiger partial charge in [-0.05, 0) is 26.3 Å². The Balaban J connectivity index is 3.05. The molecule has 0 amide bonds. The monoisotopic (exact) mass is 310 g/mol. The van der Waals surface area contributed by atoms with Crippen LogP contribution in [0.1, 0.15) is 19.8 Å². The lowest BCUT2D eigenvalue weighted by Gasteiger charge is -2.18. The van der Waals surface area contributed by atoms with E-state index in [2.05, 4.69) is 9.72 Å². The second kappa shape index (κ2) is 7.77. The van der Waals surface area contributed by atoms with Crippen LogP contribution in [0.3, 0.4) is 0 Å². The summed E-state index contributed by atoms with van der Waals surface area (Å²) in [5, 5.41) is 0. The van der Waals surface area contributed by atoms with Gasteiger partial charge in [0.05, 0.1) is 6.61 Å². The summed E-state index contributed by atoms with van der Waals surface area (Å²) in [6, 6.07) is 0. The summed E-state index contributed by atoms with van der Waals surface area (Å²) < 4.78 is 62.2. The molecule has 0 spiro atoms. The fourth-order valence-electron chi connectivity index (χ4n) is 1.48. The maximum absolute atomic E-state index is 13.4. The molecule has 1 heterocycles. The van der Waals surface area contributed by atoms with Gasteiger partial charge < -0.3 is 15.2 Å². The van der Waals surface area contributed by atoms with Gasteiger partial charge in [0.2, 0.25) is 17.4 Å². The van der Waals surface area contributed by atoms with Crippen molar-refractivity contribution in [1.82, 2.24) is 4.98 Å². The molecule has 9 heteroatoms. The molecule has 5 nitrogen and oxygen atoms in total. The number of esters is 1. The number of ether oxygens (including phenoxy) is 2. The van der Waals surface area contributed by atoms with Crippen LogP contribution in [0.2, 0.25) is 0 Å². The van der Waals surface area contributed by atoms with Gasteiger partial charge in [0.15, 0.2) is 6.10 Å². The molecule has 0 saturated carbocycles. The molecule has 21 heavy (non-hydrogen) atoms. The fourth-order valence-corrected chi connectivity index (χ4v) is 1.48. The number of hydrogen-bond donors (Lipinski definition) is 1. The van der Waals surface area contributed by atoms with Gasteiger partial charge in [-0.25, -0.2) is 4.79 Å². The van der Waals surface area contributed by atoms with Crippen LogP contribution in [0.15, 0.2) is 0 Å². The third kappa shape index (κ3) is 4.28. The Morgan fingerprint density at radius 2 is 1.81 bits per heavy atom. The number of nitrogens with two attached hydrogens (primary N) is 1. The Kier molecular flexibility index (Phi) is 6.35. The number of carbonyl (C=O) groups excluding carboxylic acids is 1. The van der Waals surface area contributed by atoms with Gasteiger partial charge in [-0.15, -0.1) is 0 Å². The Morgan fingerprint density at radius 1 is 1.24 bits per heavy atom. The van der Waals surface area contributed by atoms with Gasteiger partial charge in [0.25, 0.3) is 11.9 Å². The minimum Gasteiger partial charge on any atom is -0.472 e. The zero-order valence-electron chi connectivity index (χ0n) is 11.2. The van der Waals surface area contributed by atoms with Crippen LogP contribution >= 0.6 is 0 Å². The van der Waals surface area contributed by atoms with Crippen LogP contribution in [-0.4, -0.2) is 30.2 Å². The molecule has 0 fully saturated rings. The quantitative estimate of drug-likeness (QED) is 0.471. The lowest BCUT2D eigenvalue weighted by atomic mass is 10.2. The number of halogens is 4. The zero-order chi connectivity index (χ0) is 16.0. The van der Waals surface area contributed by atoms with Gasteiger partial charge in [0, 0.05) is 0 Å². The zero-order valence-corrected chi connectivity index (χ0v) is 11.2. The summed E-state index contributed by atoms with van der Waals surface area (Å²) in [4.78, 5) is 14.0. The smallest absolute Gasteiger partial charge is 0.347 e.